The van der Waals surface area contributed by atoms with Crippen LogP contribution in [-0.4, -0.2) is 37.6 Å². The van der Waals surface area contributed by atoms with Gasteiger partial charge in [0.1, 0.15) is 43.3 Å². The van der Waals surface area contributed by atoms with Crippen LogP contribution in [0.25, 0.3) is 0 Å². The Kier molecular flexibility index (Phi) is 8.73. The number of oxime groups is 1. The van der Waals surface area contributed by atoms with Crippen LogP contribution in [-0.2, 0) is 22.7 Å². The van der Waals surface area contributed by atoms with Crippen molar-refractivity contribution in [2.45, 2.75) is 19.4 Å². The Bertz CT molecular complexity index is 1110. The Morgan fingerprint density at radius 3 is 2.29 bits per heavy atom. The van der Waals surface area contributed by atoms with Crippen LogP contribution in [0.15, 0.2) is 71.9 Å². The van der Waals surface area contributed by atoms with Crippen molar-refractivity contribution >= 4 is 17.4 Å². The summed E-state index contributed by atoms with van der Waals surface area (Å²) in [5.41, 5.74) is 9.73. The molecule has 0 aliphatic heterocycles. The second-order valence-corrected chi connectivity index (χ2v) is 7.43. The van der Waals surface area contributed by atoms with E-state index in [4.69, 9.17) is 29.9 Å². The normalized spacial score (nSPS) is 11.1. The van der Waals surface area contributed by atoms with E-state index in [1.54, 1.807) is 25.3 Å². The summed E-state index contributed by atoms with van der Waals surface area (Å²) >= 11 is 0. The van der Waals surface area contributed by atoms with E-state index in [0.717, 1.165) is 16.7 Å². The van der Waals surface area contributed by atoms with E-state index in [1.165, 1.54) is 7.11 Å². The molecule has 0 spiro atoms. The van der Waals surface area contributed by atoms with E-state index in [0.29, 0.717) is 41.7 Å². The maximum atomic E-state index is 10.8. The number of methoxy groups -OCH3 is 1. The Balaban J connectivity index is 1.56. The lowest BCUT2D eigenvalue weighted by Gasteiger charge is -2.12. The number of nitrogens with two attached hydrogens (primary N) is 1. The largest absolute Gasteiger partial charge is 0.496 e. The van der Waals surface area contributed by atoms with Gasteiger partial charge in [-0.25, -0.2) is 0 Å². The van der Waals surface area contributed by atoms with Crippen LogP contribution >= 0.6 is 0 Å². The third-order valence-electron chi connectivity index (χ3n) is 5.02. The standard InChI is InChI=1S/C26H28N2O6/c1-31-25-15-23(13-7-20(25)8-14-26(29)30)33-16-18-3-11-22(12-4-18)34-17-24(28-32-2)19-5-9-21(27)10-6-19/h3-7,9-13,15H,8,14,16-17,27H2,1-2H3,(H,29,30)/b28-24+. The fourth-order valence-electron chi connectivity index (χ4n) is 3.21. The van der Waals surface area contributed by atoms with Crippen LogP contribution in [0.2, 0.25) is 0 Å². The van der Waals surface area contributed by atoms with Crippen molar-refractivity contribution in [1.29, 1.82) is 0 Å². The summed E-state index contributed by atoms with van der Waals surface area (Å²) in [7, 11) is 3.05. The third kappa shape index (κ3) is 7.16. The van der Waals surface area contributed by atoms with Crippen molar-refractivity contribution < 1.29 is 28.9 Å². The number of carboxylic acids is 1. The van der Waals surface area contributed by atoms with Crippen molar-refractivity contribution in [3.05, 3.63) is 83.4 Å². The van der Waals surface area contributed by atoms with Gasteiger partial charge in [0.05, 0.1) is 7.11 Å². The SMILES string of the molecule is CO/N=C(\COc1ccc(COc2ccc(CCC(=O)O)c(OC)c2)cc1)c1ccc(N)cc1. The minimum absolute atomic E-state index is 0.0454. The molecule has 3 aromatic rings. The molecule has 8 nitrogen and oxygen atoms in total. The lowest BCUT2D eigenvalue weighted by Crippen LogP contribution is -2.13. The highest BCUT2D eigenvalue weighted by molar-refractivity contribution is 6.01. The quantitative estimate of drug-likeness (QED) is 0.233. The number of hydrogen-bond acceptors (Lipinski definition) is 7. The number of ether oxygens (including phenoxy) is 3. The van der Waals surface area contributed by atoms with Gasteiger partial charge in [0, 0.05) is 23.7 Å². The molecule has 0 atom stereocenters. The predicted molar refractivity (Wildman–Crippen MR) is 130 cm³/mol. The summed E-state index contributed by atoms with van der Waals surface area (Å²) in [5.74, 6) is 1.09. The number of aryl methyl sites for hydroxylation is 1. The van der Waals surface area contributed by atoms with Gasteiger partial charge in [0.25, 0.3) is 0 Å². The smallest absolute Gasteiger partial charge is 0.303 e. The molecule has 0 saturated carbocycles. The van der Waals surface area contributed by atoms with E-state index in [-0.39, 0.29) is 13.0 Å². The summed E-state index contributed by atoms with van der Waals surface area (Å²) in [4.78, 5) is 15.8. The molecule has 3 rings (SSSR count). The van der Waals surface area contributed by atoms with Gasteiger partial charge in [-0.15, -0.1) is 0 Å². The first-order valence-electron chi connectivity index (χ1n) is 10.7. The van der Waals surface area contributed by atoms with Gasteiger partial charge in [-0.3, -0.25) is 4.79 Å². The molecule has 0 bridgehead atoms. The molecule has 0 aliphatic carbocycles. The summed E-state index contributed by atoms with van der Waals surface area (Å²) in [6, 6.07) is 20.3. The van der Waals surface area contributed by atoms with Crippen molar-refractivity contribution in [1.82, 2.24) is 0 Å². The number of hydrogen-bond donors (Lipinski definition) is 2. The number of aliphatic carboxylic acids is 1. The van der Waals surface area contributed by atoms with Crippen molar-refractivity contribution in [3.63, 3.8) is 0 Å². The van der Waals surface area contributed by atoms with Crippen molar-refractivity contribution in [2.24, 2.45) is 5.16 Å². The molecule has 34 heavy (non-hydrogen) atoms. The number of rotatable bonds is 12. The highest BCUT2D eigenvalue weighted by Crippen LogP contribution is 2.26. The van der Waals surface area contributed by atoms with Gasteiger partial charge in [-0.1, -0.05) is 35.5 Å². The van der Waals surface area contributed by atoms with E-state index >= 15 is 0 Å². The van der Waals surface area contributed by atoms with Crippen molar-refractivity contribution in [2.75, 3.05) is 26.6 Å². The molecule has 0 aromatic heterocycles. The van der Waals surface area contributed by atoms with Gasteiger partial charge in [0.15, 0.2) is 0 Å². The molecule has 3 aromatic carbocycles. The molecule has 3 N–H and O–H groups in total. The second kappa shape index (κ2) is 12.2. The van der Waals surface area contributed by atoms with Crippen LogP contribution in [0.3, 0.4) is 0 Å². The molecule has 0 unspecified atom stereocenters. The summed E-state index contributed by atoms with van der Waals surface area (Å²) in [6.45, 7) is 0.599. The Morgan fingerprint density at radius 1 is 0.941 bits per heavy atom. The zero-order chi connectivity index (χ0) is 24.3. The average Bonchev–Trinajstić information content (AvgIpc) is 2.85. The van der Waals surface area contributed by atoms with Crippen LogP contribution in [0.4, 0.5) is 5.69 Å². The highest BCUT2D eigenvalue weighted by atomic mass is 16.6. The maximum Gasteiger partial charge on any atom is 0.303 e. The average molecular weight is 465 g/mol. The lowest BCUT2D eigenvalue weighted by atomic mass is 10.1. The van der Waals surface area contributed by atoms with Gasteiger partial charge in [-0.05, 0) is 47.9 Å². The predicted octanol–water partition coefficient (Wildman–Crippen LogP) is 4.30. The number of carbonyl (C=O) groups is 1. The van der Waals surface area contributed by atoms with E-state index < -0.39 is 5.97 Å². The van der Waals surface area contributed by atoms with Gasteiger partial charge < -0.3 is 29.9 Å². The number of nitrogens with zero attached hydrogens (tertiary/aromatic N) is 1. The molecule has 0 aliphatic rings. The number of anilines is 1. The molecular weight excluding hydrogens is 436 g/mol. The lowest BCUT2D eigenvalue weighted by molar-refractivity contribution is -0.136. The van der Waals surface area contributed by atoms with Crippen LogP contribution < -0.4 is 19.9 Å². The summed E-state index contributed by atoms with van der Waals surface area (Å²) < 4.78 is 17.1. The fraction of sp³-hybridized carbons (Fsp3) is 0.231. The minimum atomic E-state index is -0.845. The van der Waals surface area contributed by atoms with E-state index in [9.17, 15) is 4.79 Å². The molecular formula is C26H28N2O6. The molecule has 8 heteroatoms. The number of carboxylic acid groups (broad SMARTS) is 1. The molecule has 0 saturated heterocycles. The van der Waals surface area contributed by atoms with E-state index in [1.807, 2.05) is 48.5 Å². The summed E-state index contributed by atoms with van der Waals surface area (Å²) in [6.07, 6.45) is 0.444. The first-order valence-corrected chi connectivity index (χ1v) is 10.7. The second-order valence-electron chi connectivity index (χ2n) is 7.43. The van der Waals surface area contributed by atoms with E-state index in [2.05, 4.69) is 5.16 Å². The number of nitrogen functional groups attached to an aromatic ring is 1. The molecule has 0 amide bonds. The van der Waals surface area contributed by atoms with Crippen molar-refractivity contribution in [3.8, 4) is 17.2 Å². The third-order valence-corrected chi connectivity index (χ3v) is 5.02. The van der Waals surface area contributed by atoms with Gasteiger partial charge in [0.2, 0.25) is 0 Å². The highest BCUT2D eigenvalue weighted by Gasteiger charge is 2.09. The first kappa shape index (κ1) is 24.4. The zero-order valence-corrected chi connectivity index (χ0v) is 19.2. The van der Waals surface area contributed by atoms with Gasteiger partial charge >= 0.3 is 5.97 Å². The molecule has 178 valence electrons. The Hall–Kier alpha value is -4.20. The molecule has 0 heterocycles. The van der Waals surface area contributed by atoms with Crippen LogP contribution in [0, 0.1) is 0 Å². The number of benzene rings is 3. The summed E-state index contributed by atoms with van der Waals surface area (Å²) in [5, 5.41) is 12.9. The zero-order valence-electron chi connectivity index (χ0n) is 19.2. The van der Waals surface area contributed by atoms with Crippen LogP contribution in [0.1, 0.15) is 23.1 Å². The monoisotopic (exact) mass is 464 g/mol. The first-order chi connectivity index (χ1) is 16.5. The maximum absolute atomic E-state index is 10.8. The molecule has 0 fully saturated rings. The Labute approximate surface area is 198 Å². The topological polar surface area (TPSA) is 113 Å². The van der Waals surface area contributed by atoms with Crippen LogP contribution in [0.5, 0.6) is 17.2 Å². The Morgan fingerprint density at radius 2 is 1.65 bits per heavy atom. The molecule has 0 radical (unpaired) electrons. The van der Waals surface area contributed by atoms with Gasteiger partial charge in [-0.2, -0.15) is 0 Å². The minimum Gasteiger partial charge on any atom is -0.496 e. The fourth-order valence-corrected chi connectivity index (χ4v) is 3.21.